The average Bonchev–Trinajstić information content (AvgIpc) is 3.72. The molecule has 0 bridgehead atoms. The largest absolute Gasteiger partial charge is 0.326 e. The molecule has 0 aliphatic heterocycles. The van der Waals surface area contributed by atoms with Gasteiger partial charge in [0.25, 0.3) is 0 Å². The molecule has 0 saturated heterocycles. The standard InChI is InChI=1S/C33H31F2N7O2/c1-18(2)42-20(4)37-29-25(34)15-21(16-27(29)42)28-26(35)17-36-32(41-28)40-23-10-8-22(9-11-23)38-30(43)33(12-13-33)31(44)39-24-7-5-6-19(3)14-24/h5-11,14-18H,12-13H2,1-4H3,(H,38,43)(H,39,44)(H,36,40,41). The molecule has 9 nitrogen and oxygen atoms in total. The minimum Gasteiger partial charge on any atom is -0.326 e. The minimum absolute atomic E-state index is 0.0282. The fraction of sp³-hybridized carbons (Fsp3) is 0.242. The topological polar surface area (TPSA) is 114 Å². The first kappa shape index (κ1) is 28.9. The van der Waals surface area contributed by atoms with E-state index in [2.05, 4.69) is 30.9 Å². The normalized spacial score (nSPS) is 13.6. The van der Waals surface area contributed by atoms with Gasteiger partial charge in [-0.2, -0.15) is 0 Å². The number of nitrogens with one attached hydrogen (secondary N) is 3. The second-order valence-corrected chi connectivity index (χ2v) is 11.4. The van der Waals surface area contributed by atoms with Crippen molar-refractivity contribution in [2.75, 3.05) is 16.0 Å². The number of nitrogens with zero attached hydrogens (tertiary/aromatic N) is 4. The number of amides is 2. The van der Waals surface area contributed by atoms with Crippen LogP contribution in [0.15, 0.2) is 66.9 Å². The van der Waals surface area contributed by atoms with Crippen molar-refractivity contribution in [1.82, 2.24) is 19.5 Å². The SMILES string of the molecule is Cc1cccc(NC(=O)C2(C(=O)Nc3ccc(Nc4ncc(F)c(-c5cc(F)c6nc(C)n(C(C)C)c6c5)n4)cc3)CC2)c1. The van der Waals surface area contributed by atoms with Gasteiger partial charge in [-0.3, -0.25) is 9.59 Å². The maximum Gasteiger partial charge on any atom is 0.240 e. The molecule has 6 rings (SSSR count). The number of fused-ring (bicyclic) bond motifs is 1. The monoisotopic (exact) mass is 595 g/mol. The molecular formula is C33H31F2N7O2. The molecule has 1 fully saturated rings. The smallest absolute Gasteiger partial charge is 0.240 e. The van der Waals surface area contributed by atoms with Crippen LogP contribution in [-0.2, 0) is 9.59 Å². The lowest BCUT2D eigenvalue weighted by molar-refractivity contribution is -0.131. The molecule has 2 amide bonds. The van der Waals surface area contributed by atoms with E-state index < -0.39 is 17.0 Å². The Hall–Kier alpha value is -5.19. The second-order valence-electron chi connectivity index (χ2n) is 11.4. The van der Waals surface area contributed by atoms with Crippen molar-refractivity contribution in [2.45, 2.75) is 46.6 Å². The Kier molecular flexibility index (Phi) is 7.32. The van der Waals surface area contributed by atoms with E-state index in [1.807, 2.05) is 43.5 Å². The highest BCUT2D eigenvalue weighted by Crippen LogP contribution is 2.47. The van der Waals surface area contributed by atoms with Gasteiger partial charge >= 0.3 is 0 Å². The number of hydrogen-bond acceptors (Lipinski definition) is 6. The molecule has 2 heterocycles. The van der Waals surface area contributed by atoms with E-state index in [1.165, 1.54) is 6.07 Å². The fourth-order valence-corrected chi connectivity index (χ4v) is 5.36. The molecular weight excluding hydrogens is 564 g/mol. The van der Waals surface area contributed by atoms with Crippen molar-refractivity contribution < 1.29 is 18.4 Å². The third-order valence-corrected chi connectivity index (χ3v) is 7.75. The third kappa shape index (κ3) is 5.48. The Bertz CT molecular complexity index is 1910. The first-order chi connectivity index (χ1) is 21.0. The number of imidazole rings is 1. The number of carbonyl (C=O) groups is 2. The highest BCUT2D eigenvalue weighted by atomic mass is 19.1. The van der Waals surface area contributed by atoms with Crippen molar-refractivity contribution in [1.29, 1.82) is 0 Å². The summed E-state index contributed by atoms with van der Waals surface area (Å²) in [6, 6.07) is 17.1. The van der Waals surface area contributed by atoms with Gasteiger partial charge in [0.05, 0.1) is 11.7 Å². The van der Waals surface area contributed by atoms with Crippen LogP contribution in [0.4, 0.5) is 31.8 Å². The first-order valence-corrected chi connectivity index (χ1v) is 14.3. The molecule has 0 spiro atoms. The molecule has 3 aromatic carbocycles. The van der Waals surface area contributed by atoms with E-state index >= 15 is 4.39 Å². The molecule has 1 saturated carbocycles. The van der Waals surface area contributed by atoms with E-state index in [-0.39, 0.29) is 40.6 Å². The summed E-state index contributed by atoms with van der Waals surface area (Å²) in [7, 11) is 0. The third-order valence-electron chi connectivity index (χ3n) is 7.75. The fourth-order valence-electron chi connectivity index (χ4n) is 5.36. The van der Waals surface area contributed by atoms with Gasteiger partial charge in [0.15, 0.2) is 11.6 Å². The Balaban J connectivity index is 1.16. The number of anilines is 4. The van der Waals surface area contributed by atoms with Gasteiger partial charge < -0.3 is 20.5 Å². The summed E-state index contributed by atoms with van der Waals surface area (Å²) in [5.74, 6) is -1.18. The van der Waals surface area contributed by atoms with E-state index in [0.29, 0.717) is 41.2 Å². The summed E-state index contributed by atoms with van der Waals surface area (Å²) in [6.45, 7) is 7.67. The van der Waals surface area contributed by atoms with Crippen LogP contribution in [0.1, 0.15) is 44.1 Å². The van der Waals surface area contributed by atoms with Gasteiger partial charge in [0.1, 0.15) is 22.5 Å². The zero-order valence-electron chi connectivity index (χ0n) is 24.7. The zero-order chi connectivity index (χ0) is 31.2. The Labute approximate surface area is 252 Å². The lowest BCUT2D eigenvalue weighted by Crippen LogP contribution is -2.35. The summed E-state index contributed by atoms with van der Waals surface area (Å²) in [6.07, 6.45) is 1.97. The predicted molar refractivity (Wildman–Crippen MR) is 166 cm³/mol. The summed E-state index contributed by atoms with van der Waals surface area (Å²) in [5, 5.41) is 8.71. The quantitative estimate of drug-likeness (QED) is 0.165. The van der Waals surface area contributed by atoms with Crippen LogP contribution in [-0.4, -0.2) is 31.3 Å². The Morgan fingerprint density at radius 3 is 2.20 bits per heavy atom. The van der Waals surface area contributed by atoms with Crippen molar-refractivity contribution in [3.05, 3.63) is 89.9 Å². The number of benzene rings is 3. The summed E-state index contributed by atoms with van der Waals surface area (Å²) in [5.41, 5.74) is 2.63. The molecule has 11 heteroatoms. The van der Waals surface area contributed by atoms with E-state index in [9.17, 15) is 14.0 Å². The van der Waals surface area contributed by atoms with Gasteiger partial charge in [0, 0.05) is 28.7 Å². The van der Waals surface area contributed by atoms with Crippen LogP contribution in [0.25, 0.3) is 22.3 Å². The van der Waals surface area contributed by atoms with Crippen LogP contribution in [0.5, 0.6) is 0 Å². The van der Waals surface area contributed by atoms with Crippen molar-refractivity contribution in [3.8, 4) is 11.3 Å². The summed E-state index contributed by atoms with van der Waals surface area (Å²) >= 11 is 0. The molecule has 2 aromatic heterocycles. The van der Waals surface area contributed by atoms with Gasteiger partial charge in [-0.1, -0.05) is 12.1 Å². The van der Waals surface area contributed by atoms with Crippen LogP contribution in [0.3, 0.4) is 0 Å². The predicted octanol–water partition coefficient (Wildman–Crippen LogP) is 7.07. The molecule has 0 atom stereocenters. The molecule has 224 valence electrons. The zero-order valence-corrected chi connectivity index (χ0v) is 24.7. The van der Waals surface area contributed by atoms with Crippen molar-refractivity contribution in [2.24, 2.45) is 5.41 Å². The van der Waals surface area contributed by atoms with Crippen molar-refractivity contribution in [3.63, 3.8) is 0 Å². The average molecular weight is 596 g/mol. The number of halogens is 2. The van der Waals surface area contributed by atoms with E-state index in [4.69, 9.17) is 0 Å². The number of carbonyl (C=O) groups excluding carboxylic acids is 2. The number of aryl methyl sites for hydroxylation is 2. The van der Waals surface area contributed by atoms with Gasteiger partial charge in [-0.15, -0.1) is 0 Å². The molecule has 1 aliphatic rings. The molecule has 5 aromatic rings. The lowest BCUT2D eigenvalue weighted by atomic mass is 10.0. The second kappa shape index (κ2) is 11.1. The van der Waals surface area contributed by atoms with Crippen molar-refractivity contribution >= 4 is 45.9 Å². The summed E-state index contributed by atoms with van der Waals surface area (Å²) < 4.78 is 31.8. The number of hydrogen-bond donors (Lipinski definition) is 3. The van der Waals surface area contributed by atoms with Crippen LogP contribution < -0.4 is 16.0 Å². The van der Waals surface area contributed by atoms with E-state index in [1.54, 1.807) is 43.3 Å². The van der Waals surface area contributed by atoms with Crippen LogP contribution in [0, 0.1) is 30.9 Å². The lowest BCUT2D eigenvalue weighted by Gasteiger charge is -2.16. The van der Waals surface area contributed by atoms with Gasteiger partial charge in [-0.05, 0) is 94.6 Å². The van der Waals surface area contributed by atoms with Crippen LogP contribution in [0.2, 0.25) is 0 Å². The molecule has 1 aliphatic carbocycles. The Morgan fingerprint density at radius 2 is 1.55 bits per heavy atom. The van der Waals surface area contributed by atoms with Crippen LogP contribution >= 0.6 is 0 Å². The molecule has 0 unspecified atom stereocenters. The number of aromatic nitrogens is 4. The maximum absolute atomic E-state index is 15.0. The minimum atomic E-state index is -1.10. The maximum atomic E-state index is 15.0. The highest BCUT2D eigenvalue weighted by Gasteiger charge is 2.56. The summed E-state index contributed by atoms with van der Waals surface area (Å²) in [4.78, 5) is 38.7. The number of rotatable bonds is 8. The van der Waals surface area contributed by atoms with Gasteiger partial charge in [-0.25, -0.2) is 23.7 Å². The molecule has 3 N–H and O–H groups in total. The first-order valence-electron chi connectivity index (χ1n) is 14.3. The molecule has 0 radical (unpaired) electrons. The van der Waals surface area contributed by atoms with E-state index in [0.717, 1.165) is 11.8 Å². The Morgan fingerprint density at radius 1 is 0.864 bits per heavy atom. The highest BCUT2D eigenvalue weighted by molar-refractivity contribution is 6.17. The molecule has 44 heavy (non-hydrogen) atoms. The van der Waals surface area contributed by atoms with Gasteiger partial charge in [0.2, 0.25) is 17.8 Å².